The van der Waals surface area contributed by atoms with E-state index in [-0.39, 0.29) is 0 Å². The average molecular weight is 251 g/mol. The van der Waals surface area contributed by atoms with E-state index in [4.69, 9.17) is 0 Å². The van der Waals surface area contributed by atoms with Gasteiger partial charge in [-0.2, -0.15) is 0 Å². The van der Waals surface area contributed by atoms with Crippen LogP contribution in [0.15, 0.2) is 30.3 Å². The molecule has 0 amide bonds. The smallest absolute Gasteiger partial charge is 0.236 e. The number of aromatic nitrogens is 1. The molecule has 3 nitrogen and oxygen atoms in total. The van der Waals surface area contributed by atoms with Gasteiger partial charge in [-0.15, -0.1) is 0 Å². The van der Waals surface area contributed by atoms with Crippen LogP contribution in [0.3, 0.4) is 0 Å². The molecule has 0 aliphatic heterocycles. The molecule has 1 aromatic heterocycles. The predicted octanol–water partition coefficient (Wildman–Crippen LogP) is 2.79. The number of hydrogen-bond donors (Lipinski definition) is 0. The molecule has 0 bridgehead atoms. The Labute approximate surface area is 102 Å². The number of rotatable bonds is 4. The van der Waals surface area contributed by atoms with Gasteiger partial charge in [-0.1, -0.05) is 31.5 Å². The Morgan fingerprint density at radius 3 is 2.59 bits per heavy atom. The zero-order valence-electron chi connectivity index (χ0n) is 10.2. The van der Waals surface area contributed by atoms with Crippen LogP contribution in [-0.4, -0.2) is 18.6 Å². The molecule has 0 spiro atoms. The molecule has 0 saturated heterocycles. The van der Waals surface area contributed by atoms with Crippen molar-refractivity contribution in [1.29, 1.82) is 0 Å². The van der Waals surface area contributed by atoms with Crippen molar-refractivity contribution in [3.05, 3.63) is 36.0 Å². The molecule has 1 heterocycles. The highest BCUT2D eigenvalue weighted by Crippen LogP contribution is 2.22. The fraction of sp³-hybridized carbons (Fsp3) is 0.385. The molecular weight excluding hydrogens is 234 g/mol. The maximum Gasteiger partial charge on any atom is 0.236 e. The van der Waals surface area contributed by atoms with E-state index >= 15 is 0 Å². The summed E-state index contributed by atoms with van der Waals surface area (Å²) in [6, 6.07) is 9.58. The Balaban J connectivity index is 2.66. The summed E-state index contributed by atoms with van der Waals surface area (Å²) in [7, 11) is -3.23. The standard InChI is InChI=1S/C13H17NO2S/c1-3-4-8-12-10-11-7-5-6-9-13(11)14(12)17(2,15)16/h5-7,9-10H,3-4,8H2,1-2H3. The molecular formula is C13H17NO2S. The SMILES string of the molecule is CCCCc1cc2ccccc2n1S(C)(=O)=O. The van der Waals surface area contributed by atoms with Crippen molar-refractivity contribution in [2.75, 3.05) is 6.26 Å². The summed E-state index contributed by atoms with van der Waals surface area (Å²) < 4.78 is 25.2. The Morgan fingerprint density at radius 2 is 1.94 bits per heavy atom. The van der Waals surface area contributed by atoms with Gasteiger partial charge in [0.05, 0.1) is 11.8 Å². The van der Waals surface area contributed by atoms with E-state index < -0.39 is 10.0 Å². The van der Waals surface area contributed by atoms with Gasteiger partial charge in [-0.05, 0) is 25.0 Å². The Kier molecular flexibility index (Phi) is 3.24. The van der Waals surface area contributed by atoms with E-state index in [9.17, 15) is 8.42 Å². The highest BCUT2D eigenvalue weighted by atomic mass is 32.2. The third-order valence-corrected chi connectivity index (χ3v) is 3.95. The maximum atomic E-state index is 11.9. The lowest BCUT2D eigenvalue weighted by Crippen LogP contribution is -2.13. The lowest BCUT2D eigenvalue weighted by molar-refractivity contribution is 0.592. The van der Waals surface area contributed by atoms with Crippen LogP contribution in [0, 0.1) is 0 Å². The van der Waals surface area contributed by atoms with Gasteiger partial charge in [-0.25, -0.2) is 12.4 Å². The molecule has 0 radical (unpaired) electrons. The summed E-state index contributed by atoms with van der Waals surface area (Å²) in [5.41, 5.74) is 1.66. The zero-order valence-corrected chi connectivity index (χ0v) is 11.0. The molecule has 0 atom stereocenters. The maximum absolute atomic E-state index is 11.9. The average Bonchev–Trinajstić information content (AvgIpc) is 2.63. The van der Waals surface area contributed by atoms with Gasteiger partial charge in [0.25, 0.3) is 0 Å². The summed E-state index contributed by atoms with van der Waals surface area (Å²) in [5, 5.41) is 0.990. The molecule has 2 rings (SSSR count). The van der Waals surface area contributed by atoms with Crippen LogP contribution in [0.2, 0.25) is 0 Å². The number of nitrogens with zero attached hydrogens (tertiary/aromatic N) is 1. The minimum Gasteiger partial charge on any atom is -0.242 e. The molecule has 17 heavy (non-hydrogen) atoms. The second-order valence-electron chi connectivity index (χ2n) is 4.33. The van der Waals surface area contributed by atoms with Crippen molar-refractivity contribution < 1.29 is 8.42 Å². The summed E-state index contributed by atoms with van der Waals surface area (Å²) in [6.07, 6.45) is 4.13. The number of hydrogen-bond acceptors (Lipinski definition) is 2. The molecule has 0 N–H and O–H groups in total. The molecule has 0 saturated carbocycles. The molecule has 0 aliphatic carbocycles. The fourth-order valence-corrected chi connectivity index (χ4v) is 3.20. The van der Waals surface area contributed by atoms with E-state index in [2.05, 4.69) is 6.92 Å². The number of unbranched alkanes of at least 4 members (excludes halogenated alkanes) is 1. The first-order valence-electron chi connectivity index (χ1n) is 5.84. The van der Waals surface area contributed by atoms with Crippen molar-refractivity contribution in [1.82, 2.24) is 3.97 Å². The van der Waals surface area contributed by atoms with Crippen LogP contribution >= 0.6 is 0 Å². The molecule has 4 heteroatoms. The van der Waals surface area contributed by atoms with E-state index in [1.165, 1.54) is 10.2 Å². The van der Waals surface area contributed by atoms with Gasteiger partial charge in [0.2, 0.25) is 10.0 Å². The van der Waals surface area contributed by atoms with Crippen LogP contribution in [-0.2, 0) is 16.4 Å². The first-order chi connectivity index (χ1) is 8.04. The number of aryl methyl sites for hydroxylation is 1. The van der Waals surface area contributed by atoms with Gasteiger partial charge in [0.1, 0.15) is 0 Å². The second-order valence-corrected chi connectivity index (χ2v) is 6.16. The Morgan fingerprint density at radius 1 is 1.24 bits per heavy atom. The van der Waals surface area contributed by atoms with E-state index in [1.54, 1.807) is 0 Å². The van der Waals surface area contributed by atoms with E-state index in [0.717, 1.165) is 35.9 Å². The molecule has 0 unspecified atom stereocenters. The van der Waals surface area contributed by atoms with Gasteiger partial charge in [-0.3, -0.25) is 0 Å². The van der Waals surface area contributed by atoms with Gasteiger partial charge >= 0.3 is 0 Å². The van der Waals surface area contributed by atoms with Crippen molar-refractivity contribution in [3.63, 3.8) is 0 Å². The predicted molar refractivity (Wildman–Crippen MR) is 70.8 cm³/mol. The van der Waals surface area contributed by atoms with E-state index in [1.807, 2.05) is 30.3 Å². The van der Waals surface area contributed by atoms with Crippen LogP contribution in [0.1, 0.15) is 25.5 Å². The third-order valence-electron chi connectivity index (χ3n) is 2.86. The lowest BCUT2D eigenvalue weighted by atomic mass is 10.2. The minimum atomic E-state index is -3.23. The third kappa shape index (κ3) is 2.36. The van der Waals surface area contributed by atoms with Crippen LogP contribution in [0.4, 0.5) is 0 Å². The molecule has 1 aromatic carbocycles. The largest absolute Gasteiger partial charge is 0.242 e. The van der Waals surface area contributed by atoms with Crippen LogP contribution in [0.5, 0.6) is 0 Å². The molecule has 0 fully saturated rings. The normalized spacial score (nSPS) is 12.1. The van der Waals surface area contributed by atoms with Crippen molar-refractivity contribution in [2.45, 2.75) is 26.2 Å². The van der Waals surface area contributed by atoms with Gasteiger partial charge in [0, 0.05) is 11.1 Å². The zero-order chi connectivity index (χ0) is 12.5. The lowest BCUT2D eigenvalue weighted by Gasteiger charge is -2.07. The van der Waals surface area contributed by atoms with Crippen molar-refractivity contribution >= 4 is 20.9 Å². The highest BCUT2D eigenvalue weighted by molar-refractivity contribution is 7.89. The molecule has 0 aliphatic rings. The minimum absolute atomic E-state index is 0.779. The number of fused-ring (bicyclic) bond motifs is 1. The Bertz CT molecular complexity index is 626. The Hall–Kier alpha value is -1.29. The van der Waals surface area contributed by atoms with Crippen LogP contribution < -0.4 is 0 Å². The van der Waals surface area contributed by atoms with Gasteiger partial charge in [0.15, 0.2) is 0 Å². The quantitative estimate of drug-likeness (QED) is 0.838. The monoisotopic (exact) mass is 251 g/mol. The first-order valence-corrected chi connectivity index (χ1v) is 7.69. The number of benzene rings is 1. The topological polar surface area (TPSA) is 39.1 Å². The number of para-hydroxylation sites is 1. The van der Waals surface area contributed by atoms with Crippen molar-refractivity contribution in [2.24, 2.45) is 0 Å². The second kappa shape index (κ2) is 4.53. The molecule has 92 valence electrons. The van der Waals surface area contributed by atoms with E-state index in [0.29, 0.717) is 0 Å². The summed E-state index contributed by atoms with van der Waals surface area (Å²) in [4.78, 5) is 0. The fourth-order valence-electron chi connectivity index (χ4n) is 2.11. The summed E-state index contributed by atoms with van der Waals surface area (Å²) in [6.45, 7) is 2.10. The molecule has 2 aromatic rings. The summed E-state index contributed by atoms with van der Waals surface area (Å²) in [5.74, 6) is 0. The van der Waals surface area contributed by atoms with Gasteiger partial charge < -0.3 is 0 Å². The van der Waals surface area contributed by atoms with Crippen LogP contribution in [0.25, 0.3) is 10.9 Å². The first kappa shape index (κ1) is 12.2. The highest BCUT2D eigenvalue weighted by Gasteiger charge is 2.15. The summed E-state index contributed by atoms with van der Waals surface area (Å²) >= 11 is 0. The van der Waals surface area contributed by atoms with Crippen molar-refractivity contribution in [3.8, 4) is 0 Å².